The zero-order chi connectivity index (χ0) is 14.0. The normalized spacial score (nSPS) is 14.6. The lowest BCUT2D eigenvalue weighted by Gasteiger charge is -2.16. The van der Waals surface area contributed by atoms with Crippen LogP contribution in [0.25, 0.3) is 0 Å². The van der Waals surface area contributed by atoms with E-state index >= 15 is 0 Å². The Bertz CT molecular complexity index is 534. The smallest absolute Gasteiger partial charge is 0.225 e. The summed E-state index contributed by atoms with van der Waals surface area (Å²) >= 11 is 1.52. The Morgan fingerprint density at radius 1 is 1.53 bits per heavy atom. The predicted molar refractivity (Wildman–Crippen MR) is 77.1 cm³/mol. The Kier molecular flexibility index (Phi) is 3.93. The number of carbonyl (C=O) groups is 1. The lowest BCUT2D eigenvalue weighted by atomic mass is 9.92. The molecule has 0 aliphatic carbocycles. The molecule has 0 aromatic carbocycles. The fourth-order valence-electron chi connectivity index (χ4n) is 2.19. The fraction of sp³-hybridized carbons (Fsp3) is 0.571. The second-order valence-electron chi connectivity index (χ2n) is 6.03. The van der Waals surface area contributed by atoms with Gasteiger partial charge >= 0.3 is 0 Å². The summed E-state index contributed by atoms with van der Waals surface area (Å²) in [5, 5.41) is 16.2. The molecule has 0 unspecified atom stereocenters. The quantitative estimate of drug-likeness (QED) is 0.873. The molecule has 0 fully saturated rings. The van der Waals surface area contributed by atoms with Crippen LogP contribution in [0.2, 0.25) is 0 Å². The number of nitrogens with one attached hydrogen (secondary N) is 2. The van der Waals surface area contributed by atoms with E-state index in [0.717, 1.165) is 25.1 Å². The molecule has 1 aliphatic heterocycles. The van der Waals surface area contributed by atoms with Crippen LogP contribution in [0.1, 0.15) is 43.2 Å². The maximum absolute atomic E-state index is 12.0. The van der Waals surface area contributed by atoms with Crippen molar-refractivity contribution in [3.63, 3.8) is 0 Å². The molecule has 5 heteroatoms. The molecule has 19 heavy (non-hydrogen) atoms. The first-order chi connectivity index (χ1) is 8.90. The van der Waals surface area contributed by atoms with Crippen molar-refractivity contribution < 1.29 is 4.79 Å². The van der Waals surface area contributed by atoms with Gasteiger partial charge in [0.25, 0.3) is 0 Å². The van der Waals surface area contributed by atoms with E-state index in [-0.39, 0.29) is 11.3 Å². The number of amides is 1. The van der Waals surface area contributed by atoms with Crippen LogP contribution in [0.3, 0.4) is 0 Å². The van der Waals surface area contributed by atoms with Gasteiger partial charge in [0.1, 0.15) is 11.1 Å². The molecule has 2 heterocycles. The lowest BCUT2D eigenvalue weighted by molar-refractivity contribution is -0.117. The molecule has 0 atom stereocenters. The van der Waals surface area contributed by atoms with E-state index in [0.29, 0.717) is 17.0 Å². The summed E-state index contributed by atoms with van der Waals surface area (Å²) < 4.78 is 0. The summed E-state index contributed by atoms with van der Waals surface area (Å²) in [6, 6.07) is 2.24. The van der Waals surface area contributed by atoms with Crippen molar-refractivity contribution in [2.75, 3.05) is 11.9 Å². The Labute approximate surface area is 117 Å². The second kappa shape index (κ2) is 5.32. The van der Waals surface area contributed by atoms with Crippen LogP contribution < -0.4 is 10.6 Å². The van der Waals surface area contributed by atoms with Gasteiger partial charge < -0.3 is 10.6 Å². The fourth-order valence-corrected chi connectivity index (χ4v) is 3.38. The summed E-state index contributed by atoms with van der Waals surface area (Å²) in [4.78, 5) is 13.2. The van der Waals surface area contributed by atoms with E-state index in [1.165, 1.54) is 16.2 Å². The Hall–Kier alpha value is -1.38. The van der Waals surface area contributed by atoms with Gasteiger partial charge in [0.15, 0.2) is 0 Å². The monoisotopic (exact) mass is 277 g/mol. The molecule has 0 spiro atoms. The average Bonchev–Trinajstić information content (AvgIpc) is 2.63. The standard InChI is InChI=1S/C14H19N3OS/c1-14(2,3)6-12(18)17-13-10(7-15)9-4-5-16-8-11(9)19-13/h16H,4-6,8H2,1-3H3,(H,17,18). The highest BCUT2D eigenvalue weighted by molar-refractivity contribution is 7.16. The molecule has 0 saturated heterocycles. The van der Waals surface area contributed by atoms with Gasteiger partial charge in [-0.3, -0.25) is 4.79 Å². The Morgan fingerprint density at radius 3 is 2.89 bits per heavy atom. The van der Waals surface area contributed by atoms with Gasteiger partial charge in [-0.15, -0.1) is 11.3 Å². The van der Waals surface area contributed by atoms with E-state index in [1.807, 2.05) is 20.8 Å². The minimum atomic E-state index is -0.0463. The van der Waals surface area contributed by atoms with Gasteiger partial charge in [0.2, 0.25) is 5.91 Å². The van der Waals surface area contributed by atoms with E-state index in [9.17, 15) is 10.1 Å². The van der Waals surface area contributed by atoms with Crippen LogP contribution in [0.5, 0.6) is 0 Å². The van der Waals surface area contributed by atoms with E-state index in [1.54, 1.807) is 0 Å². The number of anilines is 1. The van der Waals surface area contributed by atoms with Gasteiger partial charge in [0, 0.05) is 17.8 Å². The van der Waals surface area contributed by atoms with Crippen molar-refractivity contribution in [3.05, 3.63) is 16.0 Å². The zero-order valence-electron chi connectivity index (χ0n) is 11.6. The molecule has 0 saturated carbocycles. The molecule has 1 aromatic rings. The first-order valence-corrected chi connectivity index (χ1v) is 7.27. The highest BCUT2D eigenvalue weighted by Gasteiger charge is 2.23. The minimum Gasteiger partial charge on any atom is -0.317 e. The van der Waals surface area contributed by atoms with Crippen molar-refractivity contribution in [2.45, 2.75) is 40.2 Å². The van der Waals surface area contributed by atoms with Crippen LogP contribution in [-0.2, 0) is 17.8 Å². The van der Waals surface area contributed by atoms with Gasteiger partial charge in [-0.2, -0.15) is 5.26 Å². The van der Waals surface area contributed by atoms with Gasteiger partial charge in [-0.25, -0.2) is 0 Å². The topological polar surface area (TPSA) is 64.9 Å². The third-order valence-corrected chi connectivity index (χ3v) is 4.13. The molecule has 0 radical (unpaired) electrons. The summed E-state index contributed by atoms with van der Waals surface area (Å²) in [5.41, 5.74) is 1.72. The van der Waals surface area contributed by atoms with Crippen LogP contribution in [0, 0.1) is 16.7 Å². The summed E-state index contributed by atoms with van der Waals surface area (Å²) in [6.07, 6.45) is 1.32. The molecule has 1 aromatic heterocycles. The molecule has 102 valence electrons. The highest BCUT2D eigenvalue weighted by atomic mass is 32.1. The number of hydrogen-bond acceptors (Lipinski definition) is 4. The molecule has 0 bridgehead atoms. The summed E-state index contributed by atoms with van der Waals surface area (Å²) in [6.45, 7) is 7.78. The number of hydrogen-bond donors (Lipinski definition) is 2. The third-order valence-electron chi connectivity index (χ3n) is 2.98. The predicted octanol–water partition coefficient (Wildman–Crippen LogP) is 2.64. The lowest BCUT2D eigenvalue weighted by Crippen LogP contribution is -2.22. The maximum atomic E-state index is 12.0. The Morgan fingerprint density at radius 2 is 2.26 bits per heavy atom. The number of nitrogens with zero attached hydrogens (tertiary/aromatic N) is 1. The molecular formula is C14H19N3OS. The van der Waals surface area contributed by atoms with E-state index < -0.39 is 0 Å². The summed E-state index contributed by atoms with van der Waals surface area (Å²) in [7, 11) is 0. The average molecular weight is 277 g/mol. The number of nitriles is 1. The third kappa shape index (κ3) is 3.34. The van der Waals surface area contributed by atoms with Gasteiger partial charge in [0.05, 0.1) is 5.56 Å². The minimum absolute atomic E-state index is 0.0180. The molecule has 2 rings (SSSR count). The van der Waals surface area contributed by atoms with Crippen molar-refractivity contribution in [3.8, 4) is 6.07 Å². The first kappa shape index (κ1) is 14.0. The van der Waals surface area contributed by atoms with Crippen molar-refractivity contribution in [1.82, 2.24) is 5.32 Å². The largest absolute Gasteiger partial charge is 0.317 e. The van der Waals surface area contributed by atoms with Crippen LogP contribution >= 0.6 is 11.3 Å². The first-order valence-electron chi connectivity index (χ1n) is 6.46. The zero-order valence-corrected chi connectivity index (χ0v) is 12.4. The van der Waals surface area contributed by atoms with Crippen molar-refractivity contribution in [1.29, 1.82) is 5.26 Å². The van der Waals surface area contributed by atoms with Gasteiger partial charge in [-0.1, -0.05) is 20.8 Å². The number of rotatable bonds is 2. The second-order valence-corrected chi connectivity index (χ2v) is 7.14. The summed E-state index contributed by atoms with van der Waals surface area (Å²) in [5.74, 6) is -0.0180. The molecule has 1 amide bonds. The number of fused-ring (bicyclic) bond motifs is 1. The Balaban J connectivity index is 2.19. The van der Waals surface area contributed by atoms with Crippen LogP contribution in [-0.4, -0.2) is 12.5 Å². The molecular weight excluding hydrogens is 258 g/mol. The van der Waals surface area contributed by atoms with Crippen LogP contribution in [0.15, 0.2) is 0 Å². The van der Waals surface area contributed by atoms with Gasteiger partial charge in [-0.05, 0) is 23.9 Å². The molecule has 2 N–H and O–H groups in total. The SMILES string of the molecule is CC(C)(C)CC(=O)Nc1sc2c(c1C#N)CCNC2. The van der Waals surface area contributed by atoms with E-state index in [4.69, 9.17) is 0 Å². The van der Waals surface area contributed by atoms with E-state index in [2.05, 4.69) is 16.7 Å². The molecule has 1 aliphatic rings. The van der Waals surface area contributed by atoms with Crippen molar-refractivity contribution in [2.24, 2.45) is 5.41 Å². The maximum Gasteiger partial charge on any atom is 0.225 e. The molecule has 4 nitrogen and oxygen atoms in total. The van der Waals surface area contributed by atoms with Crippen LogP contribution in [0.4, 0.5) is 5.00 Å². The number of carbonyl (C=O) groups excluding carboxylic acids is 1. The highest BCUT2D eigenvalue weighted by Crippen LogP contribution is 2.35. The van der Waals surface area contributed by atoms with Crippen molar-refractivity contribution >= 4 is 22.2 Å². The number of thiophene rings is 1.